The van der Waals surface area contributed by atoms with Crippen LogP contribution in [0.15, 0.2) is 36.4 Å². The Morgan fingerprint density at radius 3 is 2.79 bits per heavy atom. The molecule has 4 rings (SSSR count). The molecule has 1 aliphatic heterocycles. The lowest BCUT2D eigenvalue weighted by Crippen LogP contribution is -2.10. The monoisotopic (exact) mass is 392 g/mol. The second-order valence-electron chi connectivity index (χ2n) is 7.00. The highest BCUT2D eigenvalue weighted by Crippen LogP contribution is 2.44. The number of hydrogen-bond donors (Lipinski definition) is 0. The van der Waals surface area contributed by atoms with Crippen LogP contribution in [0.5, 0.6) is 11.5 Å². The number of ether oxygens (including phenoxy) is 3. The molecule has 0 amide bonds. The Bertz CT molecular complexity index is 907. The molecule has 0 aromatic heterocycles. The lowest BCUT2D eigenvalue weighted by molar-refractivity contribution is -0.141. The van der Waals surface area contributed by atoms with Crippen LogP contribution in [0.3, 0.4) is 0 Å². The Labute approximate surface area is 160 Å². The van der Waals surface area contributed by atoms with Gasteiger partial charge in [0, 0.05) is 17.5 Å². The number of esters is 1. The molecule has 1 aliphatic carbocycles. The summed E-state index contributed by atoms with van der Waals surface area (Å²) in [6.07, 6.45) is -3.73. The Hall–Kier alpha value is -2.70. The Morgan fingerprint density at radius 2 is 2.04 bits per heavy atom. The lowest BCUT2D eigenvalue weighted by atomic mass is 9.98. The van der Waals surface area contributed by atoms with E-state index in [0.29, 0.717) is 42.1 Å². The second kappa shape index (κ2) is 7.04. The number of fused-ring (bicyclic) bond motifs is 2. The molecule has 4 nitrogen and oxygen atoms in total. The molecule has 7 heteroatoms. The van der Waals surface area contributed by atoms with Crippen molar-refractivity contribution in [1.82, 2.24) is 0 Å². The minimum Gasteiger partial charge on any atom is -0.492 e. The summed E-state index contributed by atoms with van der Waals surface area (Å²) in [5.74, 6) is 0.796. The predicted octanol–water partition coefficient (Wildman–Crippen LogP) is 4.81. The third-order valence-electron chi connectivity index (χ3n) is 5.31. The Kier molecular flexibility index (Phi) is 4.69. The van der Waals surface area contributed by atoms with Crippen molar-refractivity contribution < 1.29 is 32.2 Å². The number of alkyl halides is 3. The van der Waals surface area contributed by atoms with Gasteiger partial charge in [0.15, 0.2) is 0 Å². The lowest BCUT2D eigenvalue weighted by Gasteiger charge is -2.17. The molecule has 0 saturated carbocycles. The van der Waals surface area contributed by atoms with Crippen LogP contribution in [0.25, 0.3) is 0 Å². The second-order valence-corrected chi connectivity index (χ2v) is 7.00. The first kappa shape index (κ1) is 18.7. The number of carbonyl (C=O) groups excluding carboxylic acids is 1. The molecule has 2 atom stereocenters. The minimum atomic E-state index is -4.36. The minimum absolute atomic E-state index is 0.0712. The predicted molar refractivity (Wildman–Crippen MR) is 94.4 cm³/mol. The van der Waals surface area contributed by atoms with Crippen LogP contribution in [-0.2, 0) is 22.1 Å². The normalized spacial score (nSPS) is 20.3. The van der Waals surface area contributed by atoms with Crippen LogP contribution < -0.4 is 9.47 Å². The van der Waals surface area contributed by atoms with Crippen LogP contribution >= 0.6 is 0 Å². The number of benzene rings is 2. The van der Waals surface area contributed by atoms with Gasteiger partial charge >= 0.3 is 12.1 Å². The molecule has 0 spiro atoms. The third kappa shape index (κ3) is 3.41. The molecule has 148 valence electrons. The van der Waals surface area contributed by atoms with Gasteiger partial charge in [0.2, 0.25) is 0 Å². The smallest absolute Gasteiger partial charge is 0.416 e. The van der Waals surface area contributed by atoms with E-state index >= 15 is 0 Å². The van der Waals surface area contributed by atoms with Crippen molar-refractivity contribution in [3.8, 4) is 11.5 Å². The molecule has 2 aromatic carbocycles. The average molecular weight is 392 g/mol. The highest BCUT2D eigenvalue weighted by Gasteiger charge is 2.38. The van der Waals surface area contributed by atoms with Gasteiger partial charge in [0.1, 0.15) is 17.6 Å². The first-order valence-corrected chi connectivity index (χ1v) is 9.06. The van der Waals surface area contributed by atoms with Gasteiger partial charge in [-0.1, -0.05) is 18.2 Å². The topological polar surface area (TPSA) is 44.8 Å². The van der Waals surface area contributed by atoms with Crippen molar-refractivity contribution in [2.75, 3.05) is 13.7 Å². The summed E-state index contributed by atoms with van der Waals surface area (Å²) in [6, 6.07) is 9.58. The van der Waals surface area contributed by atoms with Crippen molar-refractivity contribution >= 4 is 5.97 Å². The van der Waals surface area contributed by atoms with Crippen LogP contribution in [-0.4, -0.2) is 19.7 Å². The summed E-state index contributed by atoms with van der Waals surface area (Å²) in [5.41, 5.74) is 1.22. The Morgan fingerprint density at radius 1 is 1.21 bits per heavy atom. The molecule has 0 fully saturated rings. The maximum Gasteiger partial charge on any atom is 0.416 e. The molecule has 2 aliphatic rings. The van der Waals surface area contributed by atoms with E-state index in [4.69, 9.17) is 14.2 Å². The zero-order valence-corrected chi connectivity index (χ0v) is 15.2. The van der Waals surface area contributed by atoms with E-state index in [2.05, 4.69) is 0 Å². The van der Waals surface area contributed by atoms with Crippen molar-refractivity contribution in [2.24, 2.45) is 0 Å². The highest BCUT2D eigenvalue weighted by molar-refractivity contribution is 5.71. The zero-order valence-electron chi connectivity index (χ0n) is 15.2. The van der Waals surface area contributed by atoms with Crippen LogP contribution in [0.1, 0.15) is 47.1 Å². The summed E-state index contributed by atoms with van der Waals surface area (Å²) >= 11 is 0. The number of hydrogen-bond acceptors (Lipinski definition) is 4. The molecule has 0 saturated heterocycles. The standard InChI is InChI=1S/C21H19F3O4/c1-26-20(25)9-12-11-27-19-10-13(5-6-14(12)19)28-18-8-7-15-16(18)3-2-4-17(15)21(22,23)24/h2-6,10,12,18H,7-9,11H2,1H3/t12-,18+/m0/s1. The van der Waals surface area contributed by atoms with E-state index < -0.39 is 17.8 Å². The third-order valence-corrected chi connectivity index (χ3v) is 5.31. The summed E-state index contributed by atoms with van der Waals surface area (Å²) in [4.78, 5) is 11.5. The van der Waals surface area contributed by atoms with Gasteiger partial charge in [-0.15, -0.1) is 0 Å². The fourth-order valence-corrected chi connectivity index (χ4v) is 3.95. The van der Waals surface area contributed by atoms with Gasteiger partial charge < -0.3 is 14.2 Å². The largest absolute Gasteiger partial charge is 0.492 e. The number of methoxy groups -OCH3 is 1. The van der Waals surface area contributed by atoms with E-state index in [-0.39, 0.29) is 18.3 Å². The fourth-order valence-electron chi connectivity index (χ4n) is 3.95. The quantitative estimate of drug-likeness (QED) is 0.701. The molecule has 0 N–H and O–H groups in total. The van der Waals surface area contributed by atoms with Gasteiger partial charge in [-0.2, -0.15) is 13.2 Å². The van der Waals surface area contributed by atoms with Gasteiger partial charge in [0.05, 0.1) is 25.7 Å². The molecular formula is C21H19F3O4. The molecule has 0 bridgehead atoms. The SMILES string of the molecule is COC(=O)C[C@H]1COc2cc(O[C@@H]3CCc4c3cccc4C(F)(F)F)ccc21. The van der Waals surface area contributed by atoms with Crippen LogP contribution in [0.2, 0.25) is 0 Å². The number of rotatable bonds is 4. The van der Waals surface area contributed by atoms with Gasteiger partial charge in [0.25, 0.3) is 0 Å². The van der Waals surface area contributed by atoms with E-state index in [9.17, 15) is 18.0 Å². The van der Waals surface area contributed by atoms with Crippen molar-refractivity contribution in [2.45, 2.75) is 37.5 Å². The highest BCUT2D eigenvalue weighted by atomic mass is 19.4. The van der Waals surface area contributed by atoms with Crippen molar-refractivity contribution in [1.29, 1.82) is 0 Å². The molecular weight excluding hydrogens is 373 g/mol. The van der Waals surface area contributed by atoms with Gasteiger partial charge in [-0.05, 0) is 36.1 Å². The van der Waals surface area contributed by atoms with Crippen molar-refractivity contribution in [3.05, 3.63) is 58.7 Å². The molecule has 2 aromatic rings. The fraction of sp³-hybridized carbons (Fsp3) is 0.381. The maximum atomic E-state index is 13.2. The summed E-state index contributed by atoms with van der Waals surface area (Å²) < 4.78 is 56.0. The van der Waals surface area contributed by atoms with Crippen molar-refractivity contribution in [3.63, 3.8) is 0 Å². The molecule has 0 radical (unpaired) electrons. The summed E-state index contributed by atoms with van der Waals surface area (Å²) in [7, 11) is 1.35. The van der Waals surface area contributed by atoms with Gasteiger partial charge in [-0.3, -0.25) is 4.79 Å². The summed E-state index contributed by atoms with van der Waals surface area (Å²) in [5, 5.41) is 0. The van der Waals surface area contributed by atoms with E-state index in [0.717, 1.165) is 11.6 Å². The first-order valence-electron chi connectivity index (χ1n) is 9.06. The van der Waals surface area contributed by atoms with E-state index in [1.807, 2.05) is 6.07 Å². The maximum absolute atomic E-state index is 13.2. The van der Waals surface area contributed by atoms with E-state index in [1.54, 1.807) is 18.2 Å². The van der Waals surface area contributed by atoms with Crippen LogP contribution in [0.4, 0.5) is 13.2 Å². The Balaban J connectivity index is 1.53. The summed E-state index contributed by atoms with van der Waals surface area (Å²) in [6.45, 7) is 0.384. The number of halogens is 3. The number of carbonyl (C=O) groups is 1. The zero-order chi connectivity index (χ0) is 19.9. The average Bonchev–Trinajstić information content (AvgIpc) is 3.25. The molecule has 28 heavy (non-hydrogen) atoms. The molecule has 1 heterocycles. The van der Waals surface area contributed by atoms with Gasteiger partial charge in [-0.25, -0.2) is 0 Å². The van der Waals surface area contributed by atoms with Crippen LogP contribution in [0, 0.1) is 0 Å². The van der Waals surface area contributed by atoms with E-state index in [1.165, 1.54) is 13.2 Å². The molecule has 0 unspecified atom stereocenters. The first-order chi connectivity index (χ1) is 13.4.